The lowest BCUT2D eigenvalue weighted by Gasteiger charge is -2.50. The Hall–Kier alpha value is -5.04. The van der Waals surface area contributed by atoms with Crippen molar-refractivity contribution >= 4 is 17.9 Å². The third-order valence-electron chi connectivity index (χ3n) is 7.04. The predicted octanol–water partition coefficient (Wildman–Crippen LogP) is 5.28. The quantitative estimate of drug-likeness (QED) is 0.258. The van der Waals surface area contributed by atoms with Gasteiger partial charge in [0.15, 0.2) is 6.61 Å². The van der Waals surface area contributed by atoms with Crippen LogP contribution in [0.15, 0.2) is 115 Å². The normalized spacial score (nSPS) is 16.4. The zero-order valence-corrected chi connectivity index (χ0v) is 23.0. The van der Waals surface area contributed by atoms with E-state index in [0.29, 0.717) is 5.75 Å². The highest BCUT2D eigenvalue weighted by Gasteiger charge is 2.50. The maximum absolute atomic E-state index is 13.8. The number of likely N-dealkylation sites (tertiary alicyclic amines) is 1. The van der Waals surface area contributed by atoms with Crippen LogP contribution in [-0.4, -0.2) is 49.6 Å². The van der Waals surface area contributed by atoms with Crippen LogP contribution in [0.4, 0.5) is 0 Å². The Kier molecular flexibility index (Phi) is 8.64. The summed E-state index contributed by atoms with van der Waals surface area (Å²) in [4.78, 5) is 28.5. The van der Waals surface area contributed by atoms with Crippen LogP contribution in [0.2, 0.25) is 0 Å². The van der Waals surface area contributed by atoms with Crippen LogP contribution in [0.1, 0.15) is 22.7 Å². The van der Waals surface area contributed by atoms with E-state index in [0.717, 1.165) is 28.2 Å². The number of methoxy groups -OCH3 is 2. The van der Waals surface area contributed by atoms with Crippen molar-refractivity contribution in [2.45, 2.75) is 18.1 Å². The van der Waals surface area contributed by atoms with Gasteiger partial charge in [0.25, 0.3) is 5.91 Å². The Morgan fingerprint density at radius 3 is 1.85 bits per heavy atom. The van der Waals surface area contributed by atoms with E-state index in [1.807, 2.05) is 114 Å². The summed E-state index contributed by atoms with van der Waals surface area (Å²) in [6.07, 6.45) is 3.95. The first-order valence-corrected chi connectivity index (χ1v) is 13.4. The zero-order chi connectivity index (χ0) is 28.6. The second kappa shape index (κ2) is 12.9. The molecule has 0 aromatic heterocycles. The molecule has 208 valence electrons. The molecule has 4 aromatic rings. The number of rotatable bonds is 11. The van der Waals surface area contributed by atoms with Gasteiger partial charge in [0, 0.05) is 0 Å². The van der Waals surface area contributed by atoms with Gasteiger partial charge in [-0.25, -0.2) is 0 Å². The highest BCUT2D eigenvalue weighted by Crippen LogP contribution is 2.39. The molecule has 0 aliphatic carbocycles. The minimum Gasteiger partial charge on any atom is -0.497 e. The molecular formula is C34H32N2O5. The Morgan fingerprint density at radius 1 is 0.780 bits per heavy atom. The van der Waals surface area contributed by atoms with Crippen molar-refractivity contribution < 1.29 is 23.8 Å². The number of hydrogen-bond donors (Lipinski definition) is 1. The lowest BCUT2D eigenvalue weighted by Crippen LogP contribution is -2.70. The molecule has 1 fully saturated rings. The first-order chi connectivity index (χ1) is 20.1. The molecule has 7 nitrogen and oxygen atoms in total. The number of hydrogen-bond acceptors (Lipinski definition) is 5. The maximum atomic E-state index is 13.8. The fourth-order valence-corrected chi connectivity index (χ4v) is 4.92. The van der Waals surface area contributed by atoms with Gasteiger partial charge in [0.1, 0.15) is 23.3 Å². The molecule has 0 saturated carbocycles. The van der Waals surface area contributed by atoms with Crippen LogP contribution in [0.25, 0.3) is 6.08 Å². The van der Waals surface area contributed by atoms with E-state index >= 15 is 0 Å². The first kappa shape index (κ1) is 27.5. The van der Waals surface area contributed by atoms with Crippen molar-refractivity contribution in [3.63, 3.8) is 0 Å². The van der Waals surface area contributed by atoms with Gasteiger partial charge in [0.05, 0.1) is 26.3 Å². The lowest BCUT2D eigenvalue weighted by atomic mass is 9.86. The highest BCUT2D eigenvalue weighted by atomic mass is 16.5. The minimum atomic E-state index is -0.735. The van der Waals surface area contributed by atoms with Crippen molar-refractivity contribution in [3.05, 3.63) is 132 Å². The van der Waals surface area contributed by atoms with E-state index < -0.39 is 18.1 Å². The molecule has 4 aromatic carbocycles. The van der Waals surface area contributed by atoms with Gasteiger partial charge in [-0.2, -0.15) is 0 Å². The smallest absolute Gasteiger partial charge is 0.258 e. The van der Waals surface area contributed by atoms with Crippen LogP contribution < -0.4 is 19.5 Å². The van der Waals surface area contributed by atoms with Gasteiger partial charge in [-0.15, -0.1) is 0 Å². The van der Waals surface area contributed by atoms with E-state index in [2.05, 4.69) is 5.32 Å². The third kappa shape index (κ3) is 6.41. The molecule has 1 aliphatic heterocycles. The molecule has 2 atom stereocenters. The predicted molar refractivity (Wildman–Crippen MR) is 158 cm³/mol. The molecule has 0 bridgehead atoms. The van der Waals surface area contributed by atoms with Gasteiger partial charge in [-0.1, -0.05) is 84.9 Å². The second-order valence-corrected chi connectivity index (χ2v) is 9.60. The van der Waals surface area contributed by atoms with Crippen molar-refractivity contribution in [3.8, 4) is 17.2 Å². The molecule has 0 radical (unpaired) electrons. The number of benzene rings is 4. The fourth-order valence-electron chi connectivity index (χ4n) is 4.92. The average molecular weight is 549 g/mol. The van der Waals surface area contributed by atoms with E-state index in [-0.39, 0.29) is 18.4 Å². The molecular weight excluding hydrogens is 516 g/mol. The molecule has 2 unspecified atom stereocenters. The first-order valence-electron chi connectivity index (χ1n) is 13.4. The molecule has 1 N–H and O–H groups in total. The van der Waals surface area contributed by atoms with Gasteiger partial charge in [-0.05, 0) is 53.1 Å². The van der Waals surface area contributed by atoms with Gasteiger partial charge in [-0.3, -0.25) is 9.59 Å². The summed E-state index contributed by atoms with van der Waals surface area (Å²) in [5.41, 5.74) is 2.83. The summed E-state index contributed by atoms with van der Waals surface area (Å²) >= 11 is 0. The topological polar surface area (TPSA) is 77.1 Å². The molecule has 1 saturated heterocycles. The maximum Gasteiger partial charge on any atom is 0.258 e. The number of ether oxygens (including phenoxy) is 3. The Labute approximate surface area is 240 Å². The van der Waals surface area contributed by atoms with E-state index in [1.165, 1.54) is 0 Å². The Balaban J connectivity index is 1.45. The monoisotopic (exact) mass is 548 g/mol. The summed E-state index contributed by atoms with van der Waals surface area (Å²) in [7, 11) is 3.24. The number of amides is 2. The van der Waals surface area contributed by atoms with Crippen molar-refractivity contribution in [1.82, 2.24) is 10.2 Å². The van der Waals surface area contributed by atoms with Crippen LogP contribution in [0.3, 0.4) is 0 Å². The number of nitrogens with zero attached hydrogens (tertiary/aromatic N) is 1. The number of β-lactam (4-membered cyclic amide) rings is 1. The third-order valence-corrected chi connectivity index (χ3v) is 7.04. The number of carbonyl (C=O) groups is 2. The van der Waals surface area contributed by atoms with Crippen LogP contribution in [0.5, 0.6) is 17.2 Å². The van der Waals surface area contributed by atoms with E-state index in [9.17, 15) is 9.59 Å². The van der Waals surface area contributed by atoms with Gasteiger partial charge in [0.2, 0.25) is 5.91 Å². The molecule has 1 aliphatic rings. The van der Waals surface area contributed by atoms with E-state index in [1.54, 1.807) is 26.4 Å². The summed E-state index contributed by atoms with van der Waals surface area (Å²) in [5.74, 6) is 1.49. The van der Waals surface area contributed by atoms with Crippen LogP contribution in [0, 0.1) is 0 Å². The molecule has 1 heterocycles. The molecule has 5 rings (SSSR count). The van der Waals surface area contributed by atoms with Gasteiger partial charge < -0.3 is 24.4 Å². The average Bonchev–Trinajstić information content (AvgIpc) is 3.03. The summed E-state index contributed by atoms with van der Waals surface area (Å²) in [5, 5.41) is 2.90. The Bertz CT molecular complexity index is 1420. The highest BCUT2D eigenvalue weighted by molar-refractivity contribution is 5.95. The summed E-state index contributed by atoms with van der Waals surface area (Å²) < 4.78 is 16.3. The molecule has 41 heavy (non-hydrogen) atoms. The standard InChI is InChI=1S/C34H32N2O5/c1-39-27-18-14-25(15-19-27)33(26-16-20-28(40-2)21-17-26)36-30(22-13-24-9-5-3-6-10-24)32(34(36)38)35-31(37)23-41-29-11-7-4-8-12-29/h3-22,30,32-33H,23H2,1-2H3,(H,35,37). The molecule has 7 heteroatoms. The zero-order valence-electron chi connectivity index (χ0n) is 23.0. The SMILES string of the molecule is COc1ccc(C(c2ccc(OC)cc2)N2C(=O)C(NC(=O)COc3ccccc3)C2C=Cc2ccccc2)cc1. The van der Waals surface area contributed by atoms with E-state index in [4.69, 9.17) is 14.2 Å². The van der Waals surface area contributed by atoms with Crippen molar-refractivity contribution in [2.24, 2.45) is 0 Å². The summed E-state index contributed by atoms with van der Waals surface area (Å²) in [6, 6.07) is 32.8. The van der Waals surface area contributed by atoms with Crippen molar-refractivity contribution in [1.29, 1.82) is 0 Å². The number of para-hydroxylation sites is 1. The Morgan fingerprint density at radius 2 is 1.32 bits per heavy atom. The second-order valence-electron chi connectivity index (χ2n) is 9.60. The fraction of sp³-hybridized carbons (Fsp3) is 0.176. The van der Waals surface area contributed by atoms with Crippen LogP contribution in [-0.2, 0) is 9.59 Å². The largest absolute Gasteiger partial charge is 0.497 e. The number of nitrogens with one attached hydrogen (secondary N) is 1. The minimum absolute atomic E-state index is 0.183. The molecule has 0 spiro atoms. The van der Waals surface area contributed by atoms with Crippen molar-refractivity contribution in [2.75, 3.05) is 20.8 Å². The van der Waals surface area contributed by atoms with Crippen LogP contribution >= 0.6 is 0 Å². The molecule has 2 amide bonds. The summed E-state index contributed by atoms with van der Waals surface area (Å²) in [6.45, 7) is -0.191. The lowest BCUT2D eigenvalue weighted by molar-refractivity contribution is -0.154. The number of carbonyl (C=O) groups excluding carboxylic acids is 2. The van der Waals surface area contributed by atoms with Gasteiger partial charge >= 0.3 is 0 Å².